The van der Waals surface area contributed by atoms with Gasteiger partial charge >= 0.3 is 24.0 Å². The molecule has 2 saturated carbocycles. The molecule has 228 valence electrons. The van der Waals surface area contributed by atoms with Gasteiger partial charge in [-0.05, 0) is 55.5 Å². The zero-order chi connectivity index (χ0) is 31.1. The highest BCUT2D eigenvalue weighted by molar-refractivity contribution is 7.92. The van der Waals surface area contributed by atoms with Gasteiger partial charge in [-0.1, -0.05) is 24.3 Å². The average molecular weight is 626 g/mol. The molecule has 15 heteroatoms. The summed E-state index contributed by atoms with van der Waals surface area (Å²) in [5, 5.41) is 9.10. The second kappa shape index (κ2) is 9.38. The van der Waals surface area contributed by atoms with E-state index < -0.39 is 67.7 Å². The Labute approximate surface area is 234 Å². The molecule has 0 radical (unpaired) electrons. The topological polar surface area (TPSA) is 91.8 Å². The maximum atomic E-state index is 14.6. The van der Waals surface area contributed by atoms with E-state index in [9.17, 15) is 53.1 Å². The van der Waals surface area contributed by atoms with Crippen molar-refractivity contribution in [3.8, 4) is 0 Å². The third kappa shape index (κ3) is 4.37. The molecule has 1 amide bonds. The van der Waals surface area contributed by atoms with E-state index in [0.29, 0.717) is 25.0 Å². The number of carboxylic acids is 1. The summed E-state index contributed by atoms with van der Waals surface area (Å²) >= 11 is 0. The van der Waals surface area contributed by atoms with Crippen LogP contribution in [0, 0.1) is 23.1 Å². The van der Waals surface area contributed by atoms with Crippen LogP contribution in [0.15, 0.2) is 53.4 Å². The smallest absolute Gasteiger partial charge is 0.435 e. The number of likely N-dealkylation sites (tertiary alicyclic amines) is 1. The average Bonchev–Trinajstić information content (AvgIpc) is 2.80. The van der Waals surface area contributed by atoms with Gasteiger partial charge in [0.25, 0.3) is 0 Å². The first-order valence-electron chi connectivity index (χ1n) is 12.7. The lowest BCUT2D eigenvalue weighted by atomic mass is 9.57. The highest BCUT2D eigenvalue weighted by atomic mass is 32.2. The molecule has 1 N–H and O–H groups in total. The first-order chi connectivity index (χ1) is 19.3. The fourth-order valence-corrected chi connectivity index (χ4v) is 8.68. The summed E-state index contributed by atoms with van der Waals surface area (Å²) in [4.78, 5) is 25.3. The second-order valence-corrected chi connectivity index (χ2v) is 13.7. The number of alkyl halides is 7. The van der Waals surface area contributed by atoms with Crippen LogP contribution in [-0.4, -0.2) is 55.7 Å². The van der Waals surface area contributed by atoms with Crippen molar-refractivity contribution in [2.45, 2.75) is 53.3 Å². The Morgan fingerprint density at radius 2 is 1.29 bits per heavy atom. The predicted molar refractivity (Wildman–Crippen MR) is 129 cm³/mol. The van der Waals surface area contributed by atoms with Crippen LogP contribution in [-0.2, 0) is 29.8 Å². The molecule has 0 bridgehead atoms. The van der Waals surface area contributed by atoms with Crippen molar-refractivity contribution in [1.29, 1.82) is 0 Å². The largest absolute Gasteiger partial charge is 0.481 e. The highest BCUT2D eigenvalue weighted by Gasteiger charge is 2.73. The van der Waals surface area contributed by atoms with Crippen LogP contribution in [0.25, 0.3) is 0 Å². The SMILES string of the molecule is O=C(O)C1CC2(C1)CN(C(=O)[C@H]1C[C@@](c3ccc(C(F)(C(F)(F)F)C(F)(F)F)cc3)(S(=O)(=O)c3ccc(F)cc3)C1)C2. The number of sulfone groups is 1. The molecule has 2 aromatic carbocycles. The van der Waals surface area contributed by atoms with Gasteiger partial charge in [0.1, 0.15) is 10.6 Å². The van der Waals surface area contributed by atoms with E-state index in [1.54, 1.807) is 0 Å². The number of amides is 1. The van der Waals surface area contributed by atoms with Crippen molar-refractivity contribution in [3.63, 3.8) is 0 Å². The monoisotopic (exact) mass is 625 g/mol. The van der Waals surface area contributed by atoms with E-state index in [1.165, 1.54) is 4.90 Å². The molecule has 1 saturated heterocycles. The summed E-state index contributed by atoms with van der Waals surface area (Å²) in [6.45, 7) is 0.567. The summed E-state index contributed by atoms with van der Waals surface area (Å²) in [6.07, 6.45) is -12.7. The number of benzene rings is 2. The zero-order valence-corrected chi connectivity index (χ0v) is 22.3. The standard InChI is InChI=1S/C27H23F8NO5S/c28-19-5-7-20(8-6-19)42(40,41)24(17-1-3-18(4-2-17)25(29,26(30,31)32)27(33,34)35)11-15(12-24)21(37)36-13-23(14-36)9-16(10-23)22(38)39/h1-8,15-16H,9-14H2,(H,38,39)/t15-,24+. The zero-order valence-electron chi connectivity index (χ0n) is 21.5. The molecule has 2 aliphatic carbocycles. The Balaban J connectivity index is 1.44. The number of halogens is 8. The number of nitrogens with zero attached hydrogens (tertiary/aromatic N) is 1. The molecule has 1 aliphatic heterocycles. The Hall–Kier alpha value is -3.23. The van der Waals surface area contributed by atoms with E-state index in [1.807, 2.05) is 0 Å². The van der Waals surface area contributed by atoms with Crippen molar-refractivity contribution in [2.24, 2.45) is 17.3 Å². The lowest BCUT2D eigenvalue weighted by Crippen LogP contribution is -2.66. The van der Waals surface area contributed by atoms with Gasteiger partial charge in [-0.3, -0.25) is 9.59 Å². The molecule has 1 heterocycles. The third-order valence-electron chi connectivity index (χ3n) is 8.80. The number of aliphatic carboxylic acids is 1. The lowest BCUT2D eigenvalue weighted by Gasteiger charge is -2.59. The van der Waals surface area contributed by atoms with Crippen molar-refractivity contribution in [1.82, 2.24) is 4.90 Å². The maximum Gasteiger partial charge on any atom is 0.435 e. The van der Waals surface area contributed by atoms with Gasteiger partial charge in [0.05, 0.1) is 10.8 Å². The van der Waals surface area contributed by atoms with Crippen LogP contribution in [0.3, 0.4) is 0 Å². The van der Waals surface area contributed by atoms with Gasteiger partial charge in [-0.2, -0.15) is 26.3 Å². The minimum absolute atomic E-state index is 0.224. The van der Waals surface area contributed by atoms with E-state index in [4.69, 9.17) is 5.11 Å². The van der Waals surface area contributed by atoms with Crippen molar-refractivity contribution in [2.75, 3.05) is 13.1 Å². The molecule has 42 heavy (non-hydrogen) atoms. The van der Waals surface area contributed by atoms with Gasteiger partial charge in [0.2, 0.25) is 5.91 Å². The number of carboxylic acid groups (broad SMARTS) is 1. The summed E-state index contributed by atoms with van der Waals surface area (Å²) in [7, 11) is -4.49. The lowest BCUT2D eigenvalue weighted by molar-refractivity contribution is -0.348. The molecule has 5 rings (SSSR count). The van der Waals surface area contributed by atoms with E-state index in [2.05, 4.69) is 0 Å². The number of carbonyl (C=O) groups excluding carboxylic acids is 1. The number of hydrogen-bond donors (Lipinski definition) is 1. The number of hydrogen-bond acceptors (Lipinski definition) is 4. The van der Waals surface area contributed by atoms with Crippen LogP contribution < -0.4 is 0 Å². The number of carbonyl (C=O) groups is 2. The molecule has 3 aliphatic rings. The summed E-state index contributed by atoms with van der Waals surface area (Å²) in [5.41, 5.74) is -8.08. The van der Waals surface area contributed by atoms with E-state index in [0.717, 1.165) is 24.3 Å². The molecule has 3 fully saturated rings. The van der Waals surface area contributed by atoms with E-state index in [-0.39, 0.29) is 53.9 Å². The molecule has 6 nitrogen and oxygen atoms in total. The van der Waals surface area contributed by atoms with Crippen LogP contribution in [0.1, 0.15) is 36.8 Å². The summed E-state index contributed by atoms with van der Waals surface area (Å²) in [5.74, 6) is -3.49. The quantitative estimate of drug-likeness (QED) is 0.338. The molecule has 0 atom stereocenters. The maximum absolute atomic E-state index is 14.6. The summed E-state index contributed by atoms with van der Waals surface area (Å²) < 4.78 is 133. The van der Waals surface area contributed by atoms with Gasteiger partial charge in [-0.25, -0.2) is 17.2 Å². The minimum atomic E-state index is -6.36. The molecular weight excluding hydrogens is 602 g/mol. The van der Waals surface area contributed by atoms with Gasteiger partial charge < -0.3 is 10.0 Å². The van der Waals surface area contributed by atoms with Crippen molar-refractivity contribution >= 4 is 21.7 Å². The van der Waals surface area contributed by atoms with Crippen LogP contribution >= 0.6 is 0 Å². The Bertz CT molecular complexity index is 1490. The fraction of sp³-hybridized carbons (Fsp3) is 0.481. The molecular formula is C27H23F8NO5S. The third-order valence-corrected chi connectivity index (χ3v) is 11.3. The Kier molecular flexibility index (Phi) is 6.76. The predicted octanol–water partition coefficient (Wildman–Crippen LogP) is 5.52. The van der Waals surface area contributed by atoms with Crippen LogP contribution in [0.2, 0.25) is 0 Å². The van der Waals surface area contributed by atoms with Gasteiger partial charge in [0.15, 0.2) is 9.84 Å². The van der Waals surface area contributed by atoms with E-state index >= 15 is 0 Å². The van der Waals surface area contributed by atoms with Crippen molar-refractivity contribution < 1.29 is 58.2 Å². The Morgan fingerprint density at radius 1 is 0.786 bits per heavy atom. The normalized spacial score (nSPS) is 24.5. The number of rotatable bonds is 6. The second-order valence-electron chi connectivity index (χ2n) is 11.4. The van der Waals surface area contributed by atoms with Crippen LogP contribution in [0.4, 0.5) is 35.1 Å². The van der Waals surface area contributed by atoms with Gasteiger partial charge in [-0.15, -0.1) is 0 Å². The van der Waals surface area contributed by atoms with Gasteiger partial charge in [0, 0.05) is 30.0 Å². The highest BCUT2D eigenvalue weighted by Crippen LogP contribution is 2.58. The van der Waals surface area contributed by atoms with Crippen molar-refractivity contribution in [3.05, 3.63) is 65.5 Å². The summed E-state index contributed by atoms with van der Waals surface area (Å²) in [6, 6.07) is 5.40. The Morgan fingerprint density at radius 3 is 1.74 bits per heavy atom. The minimum Gasteiger partial charge on any atom is -0.481 e. The van der Waals surface area contributed by atoms with Crippen LogP contribution in [0.5, 0.6) is 0 Å². The molecule has 1 spiro atoms. The molecule has 2 aromatic rings. The molecule has 0 unspecified atom stereocenters. The first kappa shape index (κ1) is 30.2. The first-order valence-corrected chi connectivity index (χ1v) is 14.2. The fourth-order valence-electron chi connectivity index (χ4n) is 6.45. The molecule has 0 aromatic heterocycles.